The fourth-order valence-electron chi connectivity index (χ4n) is 2.45. The molecule has 0 bridgehead atoms. The Labute approximate surface area is 118 Å². The average Bonchev–Trinajstić information content (AvgIpc) is 2.37. The number of rotatable bonds is 4. The van der Waals surface area contributed by atoms with Crippen molar-refractivity contribution in [1.29, 1.82) is 0 Å². The summed E-state index contributed by atoms with van der Waals surface area (Å²) in [5, 5.41) is 14.8. The molecule has 0 spiro atoms. The van der Waals surface area contributed by atoms with Crippen molar-refractivity contribution < 1.29 is 9.66 Å². The number of piperazine rings is 1. The number of hydrogen-bond donors (Lipinski definition) is 1. The second-order valence-corrected chi connectivity index (χ2v) is 5.35. The Morgan fingerprint density at radius 1 is 1.50 bits per heavy atom. The van der Waals surface area contributed by atoms with Gasteiger partial charge in [-0.25, -0.2) is 0 Å². The molecule has 0 amide bonds. The molecule has 0 aliphatic carbocycles. The lowest BCUT2D eigenvalue weighted by Crippen LogP contribution is -2.49. The van der Waals surface area contributed by atoms with Crippen LogP contribution in [0, 0.1) is 10.1 Å². The molecule has 1 heterocycles. The number of nitrogens with zero attached hydrogens (tertiary/aromatic N) is 2. The van der Waals surface area contributed by atoms with Crippen LogP contribution in [-0.4, -0.2) is 36.7 Å². The predicted molar refractivity (Wildman–Crippen MR) is 78.5 cm³/mol. The van der Waals surface area contributed by atoms with Gasteiger partial charge in [0.1, 0.15) is 5.69 Å². The topological polar surface area (TPSA) is 67.6 Å². The third-order valence-electron chi connectivity index (χ3n) is 3.23. The first-order chi connectivity index (χ1) is 9.49. The molecule has 6 nitrogen and oxygen atoms in total. The fraction of sp³-hybridized carbons (Fsp3) is 0.571. The van der Waals surface area contributed by atoms with Gasteiger partial charge in [0.15, 0.2) is 5.75 Å². The summed E-state index contributed by atoms with van der Waals surface area (Å²) in [6, 6.07) is 5.58. The van der Waals surface area contributed by atoms with E-state index in [1.54, 1.807) is 12.1 Å². The van der Waals surface area contributed by atoms with Gasteiger partial charge in [-0.05, 0) is 32.9 Å². The van der Waals surface area contributed by atoms with Gasteiger partial charge in [-0.15, -0.1) is 0 Å². The Morgan fingerprint density at radius 2 is 2.25 bits per heavy atom. The maximum Gasteiger partial charge on any atom is 0.333 e. The van der Waals surface area contributed by atoms with Gasteiger partial charge in [-0.1, -0.05) is 6.07 Å². The van der Waals surface area contributed by atoms with E-state index in [9.17, 15) is 10.1 Å². The quantitative estimate of drug-likeness (QED) is 0.676. The van der Waals surface area contributed by atoms with Gasteiger partial charge < -0.3 is 15.0 Å². The van der Waals surface area contributed by atoms with Gasteiger partial charge in [0.25, 0.3) is 0 Å². The summed E-state index contributed by atoms with van der Waals surface area (Å²) in [5.74, 6) is 0.341. The zero-order valence-electron chi connectivity index (χ0n) is 12.1. The molecule has 6 heteroatoms. The largest absolute Gasteiger partial charge is 0.484 e. The number of benzene rings is 1. The summed E-state index contributed by atoms with van der Waals surface area (Å²) in [7, 11) is 0. The minimum absolute atomic E-state index is 0.0651. The second-order valence-electron chi connectivity index (χ2n) is 5.35. The minimum atomic E-state index is -0.347. The van der Waals surface area contributed by atoms with Crippen molar-refractivity contribution in [1.82, 2.24) is 5.32 Å². The van der Waals surface area contributed by atoms with Crippen LogP contribution in [0.25, 0.3) is 0 Å². The molecule has 110 valence electrons. The molecule has 1 aromatic carbocycles. The van der Waals surface area contributed by atoms with Gasteiger partial charge >= 0.3 is 5.69 Å². The average molecular weight is 279 g/mol. The van der Waals surface area contributed by atoms with E-state index in [-0.39, 0.29) is 16.7 Å². The molecule has 1 saturated heterocycles. The zero-order chi connectivity index (χ0) is 14.7. The molecular formula is C14H21N3O3. The van der Waals surface area contributed by atoms with Crippen LogP contribution in [0.5, 0.6) is 5.75 Å². The molecule has 2 rings (SSSR count). The molecular weight excluding hydrogens is 258 g/mol. The monoisotopic (exact) mass is 279 g/mol. The van der Waals surface area contributed by atoms with Crippen LogP contribution >= 0.6 is 0 Å². The molecule has 1 aromatic rings. The van der Waals surface area contributed by atoms with E-state index in [0.717, 1.165) is 19.6 Å². The van der Waals surface area contributed by atoms with Gasteiger partial charge in [0.05, 0.1) is 11.0 Å². The summed E-state index contributed by atoms with van der Waals surface area (Å²) >= 11 is 0. The van der Waals surface area contributed by atoms with E-state index < -0.39 is 0 Å². The lowest BCUT2D eigenvalue weighted by Gasteiger charge is -2.33. The van der Waals surface area contributed by atoms with Gasteiger partial charge in [0, 0.05) is 25.7 Å². The van der Waals surface area contributed by atoms with E-state index in [1.807, 2.05) is 24.8 Å². The van der Waals surface area contributed by atoms with Crippen molar-refractivity contribution in [3.63, 3.8) is 0 Å². The normalized spacial score (nSPS) is 19.2. The minimum Gasteiger partial charge on any atom is -0.484 e. The second kappa shape index (κ2) is 6.09. The maximum atomic E-state index is 11.4. The summed E-state index contributed by atoms with van der Waals surface area (Å²) in [6.07, 6.45) is -0.0918. The Balaban J connectivity index is 2.38. The molecule has 0 saturated carbocycles. The highest BCUT2D eigenvalue weighted by Crippen LogP contribution is 2.37. The summed E-state index contributed by atoms with van der Waals surface area (Å²) in [4.78, 5) is 13.1. The molecule has 0 radical (unpaired) electrons. The van der Waals surface area contributed by atoms with Gasteiger partial charge in [-0.2, -0.15) is 0 Å². The number of ether oxygens (including phenoxy) is 1. The van der Waals surface area contributed by atoms with Crippen molar-refractivity contribution >= 4 is 11.4 Å². The number of hydrogen-bond acceptors (Lipinski definition) is 5. The number of nitrogens with one attached hydrogen (secondary N) is 1. The van der Waals surface area contributed by atoms with E-state index in [1.165, 1.54) is 0 Å². The summed E-state index contributed by atoms with van der Waals surface area (Å²) < 4.78 is 5.58. The Hall–Kier alpha value is -1.82. The molecule has 1 aliphatic rings. The number of para-hydroxylation sites is 1. The number of anilines is 1. The molecule has 1 atom stereocenters. The number of nitro groups is 1. The van der Waals surface area contributed by atoms with Crippen LogP contribution in [0.3, 0.4) is 0 Å². The van der Waals surface area contributed by atoms with Gasteiger partial charge in [0.2, 0.25) is 0 Å². The first-order valence-electron chi connectivity index (χ1n) is 6.91. The van der Waals surface area contributed by atoms with Crippen LogP contribution in [-0.2, 0) is 0 Å². The Morgan fingerprint density at radius 3 is 2.85 bits per heavy atom. The van der Waals surface area contributed by atoms with Crippen LogP contribution in [0.2, 0.25) is 0 Å². The van der Waals surface area contributed by atoms with Crippen LogP contribution < -0.4 is 15.0 Å². The maximum absolute atomic E-state index is 11.4. The summed E-state index contributed by atoms with van der Waals surface area (Å²) in [5.41, 5.74) is 0.705. The van der Waals surface area contributed by atoms with E-state index in [2.05, 4.69) is 12.2 Å². The highest BCUT2D eigenvalue weighted by Gasteiger charge is 2.27. The summed E-state index contributed by atoms with van der Waals surface area (Å²) in [6.45, 7) is 8.15. The van der Waals surface area contributed by atoms with Crippen molar-refractivity contribution in [2.45, 2.75) is 32.9 Å². The van der Waals surface area contributed by atoms with Crippen molar-refractivity contribution in [2.75, 3.05) is 24.5 Å². The lowest BCUT2D eigenvalue weighted by atomic mass is 10.1. The zero-order valence-corrected chi connectivity index (χ0v) is 12.1. The molecule has 1 fully saturated rings. The third kappa shape index (κ3) is 3.19. The van der Waals surface area contributed by atoms with Crippen molar-refractivity contribution in [2.24, 2.45) is 0 Å². The van der Waals surface area contributed by atoms with E-state index >= 15 is 0 Å². The standard InChI is InChI=1S/C14H21N3O3/c1-10(2)20-13-6-4-5-12(14(13)17(18)19)16-8-7-15-11(3)9-16/h4-6,10-11,15H,7-9H2,1-3H3. The van der Waals surface area contributed by atoms with E-state index in [4.69, 9.17) is 4.74 Å². The van der Waals surface area contributed by atoms with Gasteiger partial charge in [-0.3, -0.25) is 10.1 Å². The van der Waals surface area contributed by atoms with Crippen molar-refractivity contribution in [3.05, 3.63) is 28.3 Å². The molecule has 1 unspecified atom stereocenters. The highest BCUT2D eigenvalue weighted by molar-refractivity contribution is 5.70. The molecule has 20 heavy (non-hydrogen) atoms. The smallest absolute Gasteiger partial charge is 0.333 e. The fourth-order valence-corrected chi connectivity index (χ4v) is 2.45. The first-order valence-corrected chi connectivity index (χ1v) is 6.91. The number of nitro benzene ring substituents is 1. The van der Waals surface area contributed by atoms with Crippen molar-refractivity contribution in [3.8, 4) is 5.75 Å². The Kier molecular flexibility index (Phi) is 4.44. The molecule has 0 aromatic heterocycles. The molecule has 1 N–H and O–H groups in total. The van der Waals surface area contributed by atoms with E-state index in [0.29, 0.717) is 17.5 Å². The lowest BCUT2D eigenvalue weighted by molar-refractivity contribution is -0.385. The van der Waals surface area contributed by atoms with Crippen LogP contribution in [0.1, 0.15) is 20.8 Å². The SMILES string of the molecule is CC1CN(c2cccc(OC(C)C)c2[N+](=O)[O-])CCN1. The third-order valence-corrected chi connectivity index (χ3v) is 3.23. The Bertz CT molecular complexity index is 491. The van der Waals surface area contributed by atoms with Crippen LogP contribution in [0.15, 0.2) is 18.2 Å². The van der Waals surface area contributed by atoms with Crippen LogP contribution in [0.4, 0.5) is 11.4 Å². The highest BCUT2D eigenvalue weighted by atomic mass is 16.6. The predicted octanol–water partition coefficient (Wildman–Crippen LogP) is 2.18. The first kappa shape index (κ1) is 14.6. The molecule has 1 aliphatic heterocycles.